The fourth-order valence-electron chi connectivity index (χ4n) is 1.65. The van der Waals surface area contributed by atoms with Gasteiger partial charge >= 0.3 is 0 Å². The molecule has 1 heterocycles. The maximum Gasteiger partial charge on any atom is 0.222 e. The van der Waals surface area contributed by atoms with Gasteiger partial charge in [-0.15, -0.1) is 0 Å². The predicted octanol–water partition coefficient (Wildman–Crippen LogP) is 1.46. The van der Waals surface area contributed by atoms with Crippen molar-refractivity contribution in [2.75, 3.05) is 19.0 Å². The minimum Gasteiger partial charge on any atom is -0.376 e. The van der Waals surface area contributed by atoms with Gasteiger partial charge in [0.1, 0.15) is 0 Å². The molecule has 4 nitrogen and oxygen atoms in total. The summed E-state index contributed by atoms with van der Waals surface area (Å²) in [6.07, 6.45) is 6.98. The van der Waals surface area contributed by atoms with Crippen molar-refractivity contribution in [1.29, 1.82) is 0 Å². The number of nitrogens with zero attached hydrogens (tertiary/aromatic N) is 2. The molecule has 2 rings (SSSR count). The summed E-state index contributed by atoms with van der Waals surface area (Å²) in [6.45, 7) is 0.799. The lowest BCUT2D eigenvalue weighted by Gasteiger charge is -2.40. The van der Waals surface area contributed by atoms with Gasteiger partial charge < -0.3 is 10.1 Å². The van der Waals surface area contributed by atoms with E-state index in [1.165, 1.54) is 6.42 Å². The van der Waals surface area contributed by atoms with Crippen LogP contribution in [-0.2, 0) is 4.74 Å². The van der Waals surface area contributed by atoms with Crippen LogP contribution < -0.4 is 5.32 Å². The van der Waals surface area contributed by atoms with Crippen LogP contribution in [0.25, 0.3) is 0 Å². The molecule has 1 aromatic rings. The lowest BCUT2D eigenvalue weighted by atomic mass is 9.80. The Morgan fingerprint density at radius 3 is 2.64 bits per heavy atom. The summed E-state index contributed by atoms with van der Waals surface area (Å²) >= 11 is 0. The van der Waals surface area contributed by atoms with Gasteiger partial charge in [-0.2, -0.15) is 0 Å². The maximum atomic E-state index is 5.48. The summed E-state index contributed by atoms with van der Waals surface area (Å²) in [5, 5.41) is 3.19. The van der Waals surface area contributed by atoms with Crippen LogP contribution in [-0.4, -0.2) is 29.2 Å². The second-order valence-corrected chi connectivity index (χ2v) is 3.67. The summed E-state index contributed by atoms with van der Waals surface area (Å²) in [5.74, 6) is 0.677. The maximum absolute atomic E-state index is 5.48. The number of hydrogen-bond donors (Lipinski definition) is 1. The summed E-state index contributed by atoms with van der Waals surface area (Å²) < 4.78 is 5.48. The van der Waals surface area contributed by atoms with Crippen LogP contribution in [0.2, 0.25) is 0 Å². The number of rotatable bonds is 4. The third kappa shape index (κ3) is 1.85. The largest absolute Gasteiger partial charge is 0.376 e. The molecule has 0 spiro atoms. The van der Waals surface area contributed by atoms with Crippen LogP contribution in [0.1, 0.15) is 19.3 Å². The molecular formula is C10H15N3O. The fourth-order valence-corrected chi connectivity index (χ4v) is 1.65. The summed E-state index contributed by atoms with van der Waals surface area (Å²) in [4.78, 5) is 8.19. The first kappa shape index (κ1) is 9.40. The third-order valence-electron chi connectivity index (χ3n) is 2.83. The first-order valence-corrected chi connectivity index (χ1v) is 4.91. The van der Waals surface area contributed by atoms with E-state index in [0.29, 0.717) is 5.95 Å². The zero-order valence-corrected chi connectivity index (χ0v) is 8.36. The highest BCUT2D eigenvalue weighted by Crippen LogP contribution is 2.34. The lowest BCUT2D eigenvalue weighted by Crippen LogP contribution is -2.45. The van der Waals surface area contributed by atoms with E-state index in [2.05, 4.69) is 15.3 Å². The van der Waals surface area contributed by atoms with Gasteiger partial charge in [-0.3, -0.25) is 0 Å². The first-order valence-electron chi connectivity index (χ1n) is 4.91. The monoisotopic (exact) mass is 193 g/mol. The van der Waals surface area contributed by atoms with Crippen molar-refractivity contribution in [3.63, 3.8) is 0 Å². The van der Waals surface area contributed by atoms with E-state index in [-0.39, 0.29) is 5.60 Å². The Hall–Kier alpha value is -1.16. The molecular weight excluding hydrogens is 178 g/mol. The van der Waals surface area contributed by atoms with E-state index < -0.39 is 0 Å². The van der Waals surface area contributed by atoms with Gasteiger partial charge in [0.15, 0.2) is 0 Å². The Kier molecular flexibility index (Phi) is 2.63. The quantitative estimate of drug-likeness (QED) is 0.786. The van der Waals surface area contributed by atoms with Crippen LogP contribution in [0.3, 0.4) is 0 Å². The zero-order chi connectivity index (χ0) is 9.86. The Labute approximate surface area is 83.7 Å². The molecule has 0 atom stereocenters. The highest BCUT2D eigenvalue weighted by atomic mass is 16.5. The smallest absolute Gasteiger partial charge is 0.222 e. The molecule has 0 radical (unpaired) electrons. The van der Waals surface area contributed by atoms with Crippen LogP contribution in [0.5, 0.6) is 0 Å². The predicted molar refractivity (Wildman–Crippen MR) is 54.1 cm³/mol. The number of nitrogens with one attached hydrogen (secondary N) is 1. The van der Waals surface area contributed by atoms with Gasteiger partial charge in [-0.25, -0.2) is 9.97 Å². The van der Waals surface area contributed by atoms with Gasteiger partial charge in [0.25, 0.3) is 0 Å². The molecule has 0 saturated heterocycles. The first-order chi connectivity index (χ1) is 6.85. The molecule has 76 valence electrons. The number of methoxy groups -OCH3 is 1. The lowest BCUT2D eigenvalue weighted by molar-refractivity contribution is -0.0602. The topological polar surface area (TPSA) is 47.0 Å². The molecule has 1 saturated carbocycles. The van der Waals surface area contributed by atoms with Gasteiger partial charge in [-0.1, -0.05) is 0 Å². The van der Waals surface area contributed by atoms with E-state index in [1.807, 2.05) is 0 Å². The second kappa shape index (κ2) is 3.92. The van der Waals surface area contributed by atoms with Gasteiger partial charge in [-0.05, 0) is 25.3 Å². The van der Waals surface area contributed by atoms with E-state index in [9.17, 15) is 0 Å². The average Bonchev–Trinajstić information content (AvgIpc) is 2.19. The van der Waals surface area contributed by atoms with Crippen molar-refractivity contribution in [2.45, 2.75) is 24.9 Å². The van der Waals surface area contributed by atoms with Gasteiger partial charge in [0, 0.05) is 26.0 Å². The Bertz CT molecular complexity index is 279. The molecule has 1 aliphatic rings. The van der Waals surface area contributed by atoms with Crippen molar-refractivity contribution >= 4 is 5.95 Å². The number of hydrogen-bond acceptors (Lipinski definition) is 4. The van der Waals surface area contributed by atoms with E-state index >= 15 is 0 Å². The Morgan fingerprint density at radius 1 is 1.43 bits per heavy atom. The molecule has 4 heteroatoms. The molecule has 1 N–H and O–H groups in total. The molecule has 0 aliphatic heterocycles. The van der Waals surface area contributed by atoms with E-state index in [1.54, 1.807) is 25.6 Å². The van der Waals surface area contributed by atoms with Crippen LogP contribution in [0.4, 0.5) is 5.95 Å². The van der Waals surface area contributed by atoms with Crippen molar-refractivity contribution in [2.24, 2.45) is 0 Å². The molecule has 1 aromatic heterocycles. The fraction of sp³-hybridized carbons (Fsp3) is 0.600. The standard InChI is InChI=1S/C10H15N3O/c1-14-10(4-2-5-10)8-13-9-11-6-3-7-12-9/h3,6-7H,2,4-5,8H2,1H3,(H,11,12,13). The summed E-state index contributed by atoms with van der Waals surface area (Å²) in [5.41, 5.74) is 0.0270. The molecule has 1 fully saturated rings. The number of aromatic nitrogens is 2. The van der Waals surface area contributed by atoms with Crippen molar-refractivity contribution in [1.82, 2.24) is 9.97 Å². The molecule has 0 amide bonds. The third-order valence-corrected chi connectivity index (χ3v) is 2.83. The normalized spacial score (nSPS) is 18.6. The SMILES string of the molecule is COC1(CNc2ncccn2)CCC1. The van der Waals surface area contributed by atoms with Crippen LogP contribution in [0.15, 0.2) is 18.5 Å². The van der Waals surface area contributed by atoms with Crippen LogP contribution in [0, 0.1) is 0 Å². The molecule has 14 heavy (non-hydrogen) atoms. The molecule has 0 unspecified atom stereocenters. The van der Waals surface area contributed by atoms with E-state index in [4.69, 9.17) is 4.74 Å². The Morgan fingerprint density at radius 2 is 2.14 bits per heavy atom. The van der Waals surface area contributed by atoms with E-state index in [0.717, 1.165) is 19.4 Å². The average molecular weight is 193 g/mol. The zero-order valence-electron chi connectivity index (χ0n) is 8.36. The summed E-state index contributed by atoms with van der Waals surface area (Å²) in [7, 11) is 1.77. The minimum absolute atomic E-state index is 0.0270. The van der Waals surface area contributed by atoms with Gasteiger partial charge in [0.2, 0.25) is 5.95 Å². The molecule has 0 bridgehead atoms. The number of anilines is 1. The highest BCUT2D eigenvalue weighted by Gasteiger charge is 2.36. The molecule has 1 aliphatic carbocycles. The Balaban J connectivity index is 1.88. The minimum atomic E-state index is 0.0270. The highest BCUT2D eigenvalue weighted by molar-refractivity contribution is 5.23. The van der Waals surface area contributed by atoms with Crippen molar-refractivity contribution in [3.8, 4) is 0 Å². The molecule has 0 aromatic carbocycles. The number of ether oxygens (including phenoxy) is 1. The van der Waals surface area contributed by atoms with Crippen molar-refractivity contribution in [3.05, 3.63) is 18.5 Å². The summed E-state index contributed by atoms with van der Waals surface area (Å²) in [6, 6.07) is 1.81. The van der Waals surface area contributed by atoms with Gasteiger partial charge in [0.05, 0.1) is 5.60 Å². The second-order valence-electron chi connectivity index (χ2n) is 3.67. The van der Waals surface area contributed by atoms with Crippen molar-refractivity contribution < 1.29 is 4.74 Å². The van der Waals surface area contributed by atoms with Crippen LogP contribution >= 0.6 is 0 Å².